The number of carbonyl (C=O) groups excluding carboxylic acids is 1. The first-order valence-corrected chi connectivity index (χ1v) is 6.22. The average Bonchev–Trinajstić information content (AvgIpc) is 2.30. The first kappa shape index (κ1) is 15.2. The number of rotatable bonds is 5. The second-order valence-electron chi connectivity index (χ2n) is 5.01. The summed E-state index contributed by atoms with van der Waals surface area (Å²) in [5.74, 6) is -0.980. The van der Waals surface area contributed by atoms with E-state index in [0.717, 1.165) is 0 Å². The van der Waals surface area contributed by atoms with Crippen molar-refractivity contribution >= 4 is 17.6 Å². The maximum absolute atomic E-state index is 11.9. The molecule has 1 amide bonds. The third kappa shape index (κ3) is 4.06. The quantitative estimate of drug-likeness (QED) is 0.758. The Hall–Kier alpha value is -1.88. The molecular weight excluding hydrogens is 244 g/mol. The minimum absolute atomic E-state index is 0.176. The number of carbonyl (C=O) groups is 2. The van der Waals surface area contributed by atoms with E-state index in [1.807, 2.05) is 13.8 Å². The number of anilines is 1. The van der Waals surface area contributed by atoms with Gasteiger partial charge in [0.15, 0.2) is 0 Å². The zero-order valence-corrected chi connectivity index (χ0v) is 11.4. The smallest absolute Gasteiger partial charge is 0.336 e. The second kappa shape index (κ2) is 6.33. The number of amides is 1. The van der Waals surface area contributed by atoms with E-state index in [-0.39, 0.29) is 11.5 Å². The van der Waals surface area contributed by atoms with E-state index in [1.165, 1.54) is 6.07 Å². The number of nitrogens with two attached hydrogens (primary N) is 1. The summed E-state index contributed by atoms with van der Waals surface area (Å²) in [6.45, 7) is 5.64. The Morgan fingerprint density at radius 3 is 2.53 bits per heavy atom. The van der Waals surface area contributed by atoms with E-state index in [2.05, 4.69) is 5.32 Å². The summed E-state index contributed by atoms with van der Waals surface area (Å²) in [6, 6.07) is 4.18. The van der Waals surface area contributed by atoms with Gasteiger partial charge in [-0.3, -0.25) is 4.79 Å². The Labute approximate surface area is 112 Å². The van der Waals surface area contributed by atoms with Gasteiger partial charge in [0.25, 0.3) is 0 Å². The minimum atomic E-state index is -1.01. The van der Waals surface area contributed by atoms with Crippen molar-refractivity contribution in [2.24, 2.45) is 11.7 Å². The summed E-state index contributed by atoms with van der Waals surface area (Å²) in [6.07, 6.45) is 0.587. The molecule has 4 N–H and O–H groups in total. The van der Waals surface area contributed by atoms with Crippen LogP contribution in [-0.2, 0) is 4.79 Å². The highest BCUT2D eigenvalue weighted by molar-refractivity contribution is 5.98. The van der Waals surface area contributed by atoms with Gasteiger partial charge in [0.05, 0.1) is 11.6 Å². The van der Waals surface area contributed by atoms with E-state index in [4.69, 9.17) is 10.8 Å². The monoisotopic (exact) mass is 264 g/mol. The number of benzene rings is 1. The van der Waals surface area contributed by atoms with Gasteiger partial charge in [-0.1, -0.05) is 19.9 Å². The van der Waals surface area contributed by atoms with Gasteiger partial charge >= 0.3 is 5.97 Å². The molecule has 1 aromatic rings. The molecule has 1 atom stereocenters. The van der Waals surface area contributed by atoms with E-state index in [0.29, 0.717) is 23.6 Å². The van der Waals surface area contributed by atoms with Crippen LogP contribution in [0.1, 0.15) is 36.2 Å². The first-order valence-electron chi connectivity index (χ1n) is 6.22. The highest BCUT2D eigenvalue weighted by Crippen LogP contribution is 2.19. The Kier molecular flexibility index (Phi) is 5.06. The molecule has 0 bridgehead atoms. The Balaban J connectivity index is 2.86. The average molecular weight is 264 g/mol. The van der Waals surface area contributed by atoms with Crippen LogP contribution >= 0.6 is 0 Å². The zero-order chi connectivity index (χ0) is 14.6. The van der Waals surface area contributed by atoms with Crippen molar-refractivity contribution in [2.45, 2.75) is 33.2 Å². The number of nitrogens with one attached hydrogen (secondary N) is 1. The molecule has 0 aromatic heterocycles. The van der Waals surface area contributed by atoms with Crippen LogP contribution in [0.5, 0.6) is 0 Å². The fraction of sp³-hybridized carbons (Fsp3) is 0.429. The normalized spacial score (nSPS) is 12.3. The van der Waals surface area contributed by atoms with Gasteiger partial charge in [-0.05, 0) is 37.0 Å². The highest BCUT2D eigenvalue weighted by Gasteiger charge is 2.17. The van der Waals surface area contributed by atoms with E-state index in [9.17, 15) is 9.59 Å². The lowest BCUT2D eigenvalue weighted by molar-refractivity contribution is -0.117. The van der Waals surface area contributed by atoms with Gasteiger partial charge < -0.3 is 16.2 Å². The summed E-state index contributed by atoms with van der Waals surface area (Å²) in [4.78, 5) is 22.9. The van der Waals surface area contributed by atoms with Crippen LogP contribution in [0.2, 0.25) is 0 Å². The fourth-order valence-electron chi connectivity index (χ4n) is 1.84. The largest absolute Gasteiger partial charge is 0.478 e. The Morgan fingerprint density at radius 1 is 1.37 bits per heavy atom. The van der Waals surface area contributed by atoms with E-state index in [1.54, 1.807) is 19.1 Å². The summed E-state index contributed by atoms with van der Waals surface area (Å²) < 4.78 is 0. The maximum Gasteiger partial charge on any atom is 0.336 e. The molecular formula is C14H20N2O3. The van der Waals surface area contributed by atoms with Crippen molar-refractivity contribution in [3.63, 3.8) is 0 Å². The minimum Gasteiger partial charge on any atom is -0.478 e. The lowest BCUT2D eigenvalue weighted by Crippen LogP contribution is -2.36. The van der Waals surface area contributed by atoms with Crippen molar-refractivity contribution in [3.8, 4) is 0 Å². The van der Waals surface area contributed by atoms with Crippen molar-refractivity contribution in [1.82, 2.24) is 0 Å². The predicted octanol–water partition coefficient (Wildman–Crippen LogP) is 2.01. The van der Waals surface area contributed by atoms with Gasteiger partial charge in [-0.2, -0.15) is 0 Å². The third-order valence-electron chi connectivity index (χ3n) is 2.88. The molecule has 0 heterocycles. The van der Waals surface area contributed by atoms with Crippen molar-refractivity contribution < 1.29 is 14.7 Å². The molecule has 0 spiro atoms. The summed E-state index contributed by atoms with van der Waals surface area (Å²) in [5.41, 5.74) is 6.98. The second-order valence-corrected chi connectivity index (χ2v) is 5.01. The molecule has 1 aromatic carbocycles. The summed E-state index contributed by atoms with van der Waals surface area (Å²) >= 11 is 0. The van der Waals surface area contributed by atoms with Crippen LogP contribution in [0.25, 0.3) is 0 Å². The van der Waals surface area contributed by atoms with Crippen molar-refractivity contribution in [3.05, 3.63) is 29.3 Å². The molecule has 0 saturated heterocycles. The fourth-order valence-corrected chi connectivity index (χ4v) is 1.84. The SMILES string of the molecule is Cc1c(NC(=O)[C@@H](N)CC(C)C)cccc1C(=O)O. The first-order chi connectivity index (χ1) is 8.82. The Morgan fingerprint density at radius 2 is 2.00 bits per heavy atom. The predicted molar refractivity (Wildman–Crippen MR) is 74.2 cm³/mol. The van der Waals surface area contributed by atoms with Crippen LogP contribution in [0.15, 0.2) is 18.2 Å². The summed E-state index contributed by atoms with van der Waals surface area (Å²) in [7, 11) is 0. The number of carboxylic acid groups (broad SMARTS) is 1. The van der Waals surface area contributed by atoms with Crippen LogP contribution in [-0.4, -0.2) is 23.0 Å². The topological polar surface area (TPSA) is 92.4 Å². The molecule has 0 aliphatic rings. The third-order valence-corrected chi connectivity index (χ3v) is 2.88. The molecule has 19 heavy (non-hydrogen) atoms. The number of carboxylic acids is 1. The molecule has 5 heteroatoms. The van der Waals surface area contributed by atoms with E-state index >= 15 is 0 Å². The van der Waals surface area contributed by atoms with Gasteiger partial charge in [0, 0.05) is 5.69 Å². The van der Waals surface area contributed by atoms with Gasteiger partial charge in [-0.15, -0.1) is 0 Å². The van der Waals surface area contributed by atoms with Crippen molar-refractivity contribution in [1.29, 1.82) is 0 Å². The molecule has 104 valence electrons. The number of hydrogen-bond donors (Lipinski definition) is 3. The van der Waals surface area contributed by atoms with Crippen LogP contribution in [0, 0.1) is 12.8 Å². The van der Waals surface area contributed by atoms with E-state index < -0.39 is 12.0 Å². The lowest BCUT2D eigenvalue weighted by atomic mass is 10.0. The van der Waals surface area contributed by atoms with Crippen LogP contribution in [0.4, 0.5) is 5.69 Å². The highest BCUT2D eigenvalue weighted by atomic mass is 16.4. The molecule has 1 rings (SSSR count). The lowest BCUT2D eigenvalue weighted by Gasteiger charge is -2.16. The molecule has 0 fully saturated rings. The number of hydrogen-bond acceptors (Lipinski definition) is 3. The van der Waals surface area contributed by atoms with Crippen molar-refractivity contribution in [2.75, 3.05) is 5.32 Å². The standard InChI is InChI=1S/C14H20N2O3/c1-8(2)7-11(15)13(17)16-12-6-4-5-10(9(12)3)14(18)19/h4-6,8,11H,7,15H2,1-3H3,(H,16,17)(H,18,19)/t11-/m0/s1. The molecule has 0 saturated carbocycles. The number of aromatic carboxylic acids is 1. The van der Waals surface area contributed by atoms with Crippen LogP contribution in [0.3, 0.4) is 0 Å². The zero-order valence-electron chi connectivity index (χ0n) is 11.4. The van der Waals surface area contributed by atoms with Gasteiger partial charge in [-0.25, -0.2) is 4.79 Å². The summed E-state index contributed by atoms with van der Waals surface area (Å²) in [5, 5.41) is 11.7. The Bertz CT molecular complexity index is 484. The van der Waals surface area contributed by atoms with Crippen LogP contribution < -0.4 is 11.1 Å². The molecule has 0 aliphatic heterocycles. The molecule has 5 nitrogen and oxygen atoms in total. The van der Waals surface area contributed by atoms with Gasteiger partial charge in [0.2, 0.25) is 5.91 Å². The maximum atomic E-state index is 11.9. The molecule has 0 aliphatic carbocycles. The molecule has 0 unspecified atom stereocenters. The molecule has 0 radical (unpaired) electrons. The van der Waals surface area contributed by atoms with Gasteiger partial charge in [0.1, 0.15) is 0 Å².